The van der Waals surface area contributed by atoms with E-state index in [1.165, 1.54) is 23.7 Å². The molecule has 0 fully saturated rings. The van der Waals surface area contributed by atoms with Crippen molar-refractivity contribution in [3.63, 3.8) is 0 Å². The maximum atomic E-state index is 11.9. The van der Waals surface area contributed by atoms with Crippen molar-refractivity contribution in [1.82, 2.24) is 5.16 Å². The van der Waals surface area contributed by atoms with Gasteiger partial charge in [0.2, 0.25) is 0 Å². The van der Waals surface area contributed by atoms with Crippen molar-refractivity contribution in [2.45, 2.75) is 18.1 Å². The first kappa shape index (κ1) is 11.2. The molecule has 5 nitrogen and oxygen atoms in total. The predicted molar refractivity (Wildman–Crippen MR) is 61.1 cm³/mol. The molecule has 1 N–H and O–H groups in total. The highest BCUT2D eigenvalue weighted by molar-refractivity contribution is 7.94. The molecular weight excluding hydrogens is 248 g/mol. The number of hydrogen-bond acceptors (Lipinski definition) is 5. The van der Waals surface area contributed by atoms with E-state index in [0.717, 1.165) is 10.4 Å². The molecule has 0 radical (unpaired) electrons. The maximum Gasteiger partial charge on any atom is 0.272 e. The van der Waals surface area contributed by atoms with Crippen LogP contribution >= 0.6 is 11.3 Å². The van der Waals surface area contributed by atoms with E-state index in [-0.39, 0.29) is 10.0 Å². The Morgan fingerprint density at radius 1 is 1.44 bits per heavy atom. The Balaban J connectivity index is 2.32. The quantitative estimate of drug-likeness (QED) is 0.915. The minimum atomic E-state index is -3.54. The average molecular weight is 258 g/mol. The summed E-state index contributed by atoms with van der Waals surface area (Å²) in [4.78, 5) is 0.987. The van der Waals surface area contributed by atoms with Crippen LogP contribution in [0.5, 0.6) is 0 Å². The summed E-state index contributed by atoms with van der Waals surface area (Å²) in [5.41, 5.74) is 0.963. The monoisotopic (exact) mass is 258 g/mol. The summed E-state index contributed by atoms with van der Waals surface area (Å²) in [5, 5.41) is 3.50. The van der Waals surface area contributed by atoms with Crippen molar-refractivity contribution in [1.29, 1.82) is 0 Å². The minimum Gasteiger partial charge on any atom is -0.363 e. The van der Waals surface area contributed by atoms with Gasteiger partial charge in [-0.05, 0) is 25.5 Å². The number of rotatable bonds is 3. The first-order chi connectivity index (χ1) is 7.49. The summed E-state index contributed by atoms with van der Waals surface area (Å²) in [6.07, 6.45) is 1.31. The van der Waals surface area contributed by atoms with Gasteiger partial charge in [-0.2, -0.15) is 0 Å². The van der Waals surface area contributed by atoms with E-state index in [0.29, 0.717) is 0 Å². The lowest BCUT2D eigenvalue weighted by Crippen LogP contribution is -2.11. The summed E-state index contributed by atoms with van der Waals surface area (Å²) in [7, 11) is -3.54. The fourth-order valence-electron chi connectivity index (χ4n) is 1.12. The Labute approximate surface area is 97.1 Å². The molecule has 2 aromatic heterocycles. The van der Waals surface area contributed by atoms with E-state index in [4.69, 9.17) is 0 Å². The fraction of sp³-hybridized carbons (Fsp3) is 0.222. The second-order valence-electron chi connectivity index (χ2n) is 3.29. The van der Waals surface area contributed by atoms with Crippen LogP contribution in [0.4, 0.5) is 5.82 Å². The number of sulfonamides is 1. The second kappa shape index (κ2) is 3.91. The number of nitrogens with one attached hydrogen (secondary N) is 1. The number of anilines is 1. The number of hydrogen-bond donors (Lipinski definition) is 1. The number of aryl methyl sites for hydroxylation is 2. The Morgan fingerprint density at radius 3 is 2.69 bits per heavy atom. The molecule has 0 spiro atoms. The van der Waals surface area contributed by atoms with Gasteiger partial charge in [0.05, 0.1) is 0 Å². The molecule has 0 saturated carbocycles. The highest BCUT2D eigenvalue weighted by Gasteiger charge is 2.18. The molecule has 7 heteroatoms. The molecule has 0 aromatic carbocycles. The van der Waals surface area contributed by atoms with Crippen molar-refractivity contribution in [2.75, 3.05) is 4.72 Å². The van der Waals surface area contributed by atoms with Gasteiger partial charge in [0, 0.05) is 10.9 Å². The highest BCUT2D eigenvalue weighted by Crippen LogP contribution is 2.26. The van der Waals surface area contributed by atoms with Gasteiger partial charge in [-0.1, -0.05) is 5.16 Å². The van der Waals surface area contributed by atoms with Gasteiger partial charge in [0.1, 0.15) is 10.5 Å². The molecule has 2 rings (SSSR count). The van der Waals surface area contributed by atoms with E-state index in [1.54, 1.807) is 6.07 Å². The van der Waals surface area contributed by atoms with E-state index in [9.17, 15) is 8.42 Å². The SMILES string of the molecule is Cc1cc(S(=O)(=O)Nc2ccon2)sc1C. The van der Waals surface area contributed by atoms with Gasteiger partial charge in [0.15, 0.2) is 5.82 Å². The average Bonchev–Trinajstić information content (AvgIpc) is 2.78. The molecule has 0 amide bonds. The van der Waals surface area contributed by atoms with Crippen LogP contribution in [0, 0.1) is 13.8 Å². The Bertz CT molecular complexity index is 565. The summed E-state index contributed by atoms with van der Waals surface area (Å²) < 4.78 is 30.9. The second-order valence-corrected chi connectivity index (χ2v) is 6.46. The highest BCUT2D eigenvalue weighted by atomic mass is 32.2. The van der Waals surface area contributed by atoms with Crippen LogP contribution in [0.3, 0.4) is 0 Å². The molecule has 0 aliphatic heterocycles. The van der Waals surface area contributed by atoms with Crippen LogP contribution in [0.15, 0.2) is 27.1 Å². The molecule has 0 bridgehead atoms. The normalized spacial score (nSPS) is 11.6. The Kier molecular flexibility index (Phi) is 2.73. The zero-order chi connectivity index (χ0) is 11.8. The number of aromatic nitrogens is 1. The van der Waals surface area contributed by atoms with Gasteiger partial charge in [-0.3, -0.25) is 4.72 Å². The predicted octanol–water partition coefficient (Wildman–Crippen LogP) is 2.15. The van der Waals surface area contributed by atoms with Crippen molar-refractivity contribution >= 4 is 27.2 Å². The van der Waals surface area contributed by atoms with Crippen molar-refractivity contribution in [3.8, 4) is 0 Å². The Morgan fingerprint density at radius 2 is 2.19 bits per heavy atom. The summed E-state index contributed by atoms with van der Waals surface area (Å²) >= 11 is 1.23. The molecule has 86 valence electrons. The third-order valence-electron chi connectivity index (χ3n) is 2.08. The molecule has 2 aromatic rings. The lowest BCUT2D eigenvalue weighted by molar-refractivity contribution is 0.423. The van der Waals surface area contributed by atoms with Crippen LogP contribution in [0.1, 0.15) is 10.4 Å². The first-order valence-corrected chi connectivity index (χ1v) is 6.79. The number of nitrogens with zero attached hydrogens (tertiary/aromatic N) is 1. The van der Waals surface area contributed by atoms with Crippen molar-refractivity contribution < 1.29 is 12.9 Å². The van der Waals surface area contributed by atoms with E-state index in [2.05, 4.69) is 14.4 Å². The standard InChI is InChI=1S/C9H10N2O3S2/c1-6-5-9(15-7(6)2)16(12,13)11-8-3-4-14-10-8/h3-5H,1-2H3,(H,10,11). The first-order valence-electron chi connectivity index (χ1n) is 4.49. The van der Waals surface area contributed by atoms with Gasteiger partial charge in [-0.25, -0.2) is 8.42 Å². The molecule has 0 aliphatic rings. The van der Waals surface area contributed by atoms with Gasteiger partial charge >= 0.3 is 0 Å². The van der Waals surface area contributed by atoms with Crippen molar-refractivity contribution in [2.24, 2.45) is 0 Å². The molecule has 0 aliphatic carbocycles. The molecule has 0 unspecified atom stereocenters. The molecule has 0 atom stereocenters. The fourth-order valence-corrected chi connectivity index (χ4v) is 3.63. The Hall–Kier alpha value is -1.34. The molecular formula is C9H10N2O3S2. The van der Waals surface area contributed by atoms with Crippen LogP contribution in [-0.2, 0) is 10.0 Å². The molecule has 16 heavy (non-hydrogen) atoms. The molecule has 2 heterocycles. The van der Waals surface area contributed by atoms with Crippen LogP contribution < -0.4 is 4.72 Å². The summed E-state index contributed by atoms with van der Waals surface area (Å²) in [6, 6.07) is 3.09. The molecule has 0 saturated heterocycles. The summed E-state index contributed by atoms with van der Waals surface area (Å²) in [5.74, 6) is 0.184. The lowest BCUT2D eigenvalue weighted by Gasteiger charge is -2.00. The minimum absolute atomic E-state index is 0.184. The lowest BCUT2D eigenvalue weighted by atomic mass is 10.3. The van der Waals surface area contributed by atoms with Crippen LogP contribution in [0.2, 0.25) is 0 Å². The smallest absolute Gasteiger partial charge is 0.272 e. The van der Waals surface area contributed by atoms with E-state index >= 15 is 0 Å². The van der Waals surface area contributed by atoms with Gasteiger partial charge in [0.25, 0.3) is 10.0 Å². The zero-order valence-electron chi connectivity index (χ0n) is 8.72. The van der Waals surface area contributed by atoms with Gasteiger partial charge in [-0.15, -0.1) is 11.3 Å². The third-order valence-corrected chi connectivity index (χ3v) is 5.07. The van der Waals surface area contributed by atoms with Crippen molar-refractivity contribution in [3.05, 3.63) is 28.8 Å². The van der Waals surface area contributed by atoms with E-state index < -0.39 is 10.0 Å². The maximum absolute atomic E-state index is 11.9. The zero-order valence-corrected chi connectivity index (χ0v) is 10.4. The van der Waals surface area contributed by atoms with Crippen LogP contribution in [-0.4, -0.2) is 13.6 Å². The van der Waals surface area contributed by atoms with Crippen LogP contribution in [0.25, 0.3) is 0 Å². The van der Waals surface area contributed by atoms with Gasteiger partial charge < -0.3 is 4.52 Å². The largest absolute Gasteiger partial charge is 0.363 e. The topological polar surface area (TPSA) is 72.2 Å². The third kappa shape index (κ3) is 2.10. The summed E-state index contributed by atoms with van der Waals surface area (Å²) in [6.45, 7) is 3.76. The number of thiophene rings is 1. The van der Waals surface area contributed by atoms with E-state index in [1.807, 2.05) is 13.8 Å².